The van der Waals surface area contributed by atoms with E-state index in [9.17, 15) is 9.59 Å². The van der Waals surface area contributed by atoms with Gasteiger partial charge in [-0.15, -0.1) is 18.2 Å². The normalized spacial score (nSPS) is 15.8. The van der Waals surface area contributed by atoms with Crippen molar-refractivity contribution >= 4 is 23.4 Å². The number of hydrogen-bond donors (Lipinski definition) is 1. The second-order valence-corrected chi connectivity index (χ2v) is 3.66. The summed E-state index contributed by atoms with van der Waals surface area (Å²) in [4.78, 5) is 22.8. The highest BCUT2D eigenvalue weighted by atomic mass is 35.5. The van der Waals surface area contributed by atoms with Gasteiger partial charge >= 0.3 is 0 Å². The first kappa shape index (κ1) is 9.93. The average molecular weight is 222 g/mol. The number of carbonyl (C=O) groups is 2. The van der Waals surface area contributed by atoms with Crippen molar-refractivity contribution in [2.75, 3.05) is 0 Å². The van der Waals surface area contributed by atoms with E-state index in [0.717, 1.165) is 0 Å². The van der Waals surface area contributed by atoms with Gasteiger partial charge in [0.15, 0.2) is 0 Å². The third-order valence-corrected chi connectivity index (χ3v) is 2.71. The summed E-state index contributed by atoms with van der Waals surface area (Å²) in [7, 11) is 0. The predicted molar refractivity (Wildman–Crippen MR) is 57.0 cm³/mol. The third-order valence-electron chi connectivity index (χ3n) is 2.30. The SMILES string of the molecule is C=CC(Cl)c1cccc2c1C(=O)NC2=O. The van der Waals surface area contributed by atoms with Crippen LogP contribution in [0, 0.1) is 0 Å². The maximum Gasteiger partial charge on any atom is 0.259 e. The molecule has 1 aliphatic heterocycles. The fourth-order valence-electron chi connectivity index (χ4n) is 1.60. The molecule has 1 aromatic rings. The Hall–Kier alpha value is -1.61. The van der Waals surface area contributed by atoms with Crippen LogP contribution in [0.1, 0.15) is 31.7 Å². The number of alkyl halides is 1. The first-order chi connectivity index (χ1) is 7.15. The third kappa shape index (κ3) is 1.45. The summed E-state index contributed by atoms with van der Waals surface area (Å²) >= 11 is 5.98. The van der Waals surface area contributed by atoms with Gasteiger partial charge in [0.05, 0.1) is 16.5 Å². The number of halogens is 1. The van der Waals surface area contributed by atoms with E-state index in [1.807, 2.05) is 0 Å². The Morgan fingerprint density at radius 1 is 1.33 bits per heavy atom. The van der Waals surface area contributed by atoms with E-state index in [0.29, 0.717) is 16.7 Å². The molecule has 0 radical (unpaired) electrons. The lowest BCUT2D eigenvalue weighted by molar-refractivity contribution is 0.0879. The summed E-state index contributed by atoms with van der Waals surface area (Å²) in [5.74, 6) is -0.761. The largest absolute Gasteiger partial charge is 0.288 e. The Morgan fingerprint density at radius 3 is 2.73 bits per heavy atom. The summed E-state index contributed by atoms with van der Waals surface area (Å²) in [5, 5.41) is 1.77. The van der Waals surface area contributed by atoms with Crippen LogP contribution in [0.4, 0.5) is 0 Å². The summed E-state index contributed by atoms with van der Waals surface area (Å²) in [5.41, 5.74) is 1.36. The van der Waals surface area contributed by atoms with Crippen LogP contribution in [0.2, 0.25) is 0 Å². The fraction of sp³-hybridized carbons (Fsp3) is 0.0909. The van der Waals surface area contributed by atoms with E-state index in [1.54, 1.807) is 18.2 Å². The second kappa shape index (κ2) is 3.51. The monoisotopic (exact) mass is 221 g/mol. The molecule has 1 aromatic carbocycles. The number of hydrogen-bond acceptors (Lipinski definition) is 2. The van der Waals surface area contributed by atoms with Gasteiger partial charge in [-0.25, -0.2) is 0 Å². The highest BCUT2D eigenvalue weighted by Gasteiger charge is 2.30. The molecule has 1 heterocycles. The van der Waals surface area contributed by atoms with Crippen LogP contribution in [0.3, 0.4) is 0 Å². The Morgan fingerprint density at radius 2 is 2.07 bits per heavy atom. The molecule has 0 aromatic heterocycles. The summed E-state index contributed by atoms with van der Waals surface area (Å²) in [6.07, 6.45) is 1.52. The Balaban J connectivity index is 2.65. The molecule has 2 amide bonds. The Labute approximate surface area is 91.7 Å². The number of allylic oxidation sites excluding steroid dienone is 1. The van der Waals surface area contributed by atoms with Gasteiger partial charge in [-0.1, -0.05) is 18.2 Å². The zero-order valence-electron chi connectivity index (χ0n) is 7.79. The number of fused-ring (bicyclic) bond motifs is 1. The zero-order chi connectivity index (χ0) is 11.0. The molecule has 0 spiro atoms. The minimum Gasteiger partial charge on any atom is -0.288 e. The van der Waals surface area contributed by atoms with Gasteiger partial charge in [-0.3, -0.25) is 14.9 Å². The van der Waals surface area contributed by atoms with Gasteiger partial charge in [0.2, 0.25) is 0 Å². The van der Waals surface area contributed by atoms with Gasteiger partial charge in [0.25, 0.3) is 11.8 Å². The van der Waals surface area contributed by atoms with Crippen molar-refractivity contribution in [3.05, 3.63) is 47.5 Å². The molecule has 0 fully saturated rings. The smallest absolute Gasteiger partial charge is 0.259 e. The molecule has 0 aliphatic carbocycles. The lowest BCUT2D eigenvalue weighted by Gasteiger charge is -2.07. The summed E-state index contributed by atoms with van der Waals surface area (Å²) in [6.45, 7) is 3.56. The zero-order valence-corrected chi connectivity index (χ0v) is 8.54. The molecule has 0 bridgehead atoms. The van der Waals surface area contributed by atoms with E-state index in [4.69, 9.17) is 11.6 Å². The van der Waals surface area contributed by atoms with Crippen LogP contribution >= 0.6 is 11.6 Å². The van der Waals surface area contributed by atoms with Crippen LogP contribution in [0.15, 0.2) is 30.9 Å². The van der Waals surface area contributed by atoms with Crippen molar-refractivity contribution in [2.45, 2.75) is 5.38 Å². The molecule has 0 saturated heterocycles. The van der Waals surface area contributed by atoms with Crippen LogP contribution in [-0.2, 0) is 0 Å². The number of rotatable bonds is 2. The first-order valence-electron chi connectivity index (χ1n) is 4.40. The van der Waals surface area contributed by atoms with Crippen LogP contribution in [-0.4, -0.2) is 11.8 Å². The molecule has 1 unspecified atom stereocenters. The minimum absolute atomic E-state index is 0.363. The topological polar surface area (TPSA) is 46.2 Å². The van der Waals surface area contributed by atoms with Gasteiger partial charge in [0.1, 0.15) is 0 Å². The number of nitrogens with one attached hydrogen (secondary N) is 1. The highest BCUT2D eigenvalue weighted by molar-refractivity contribution is 6.26. The molecular weight excluding hydrogens is 214 g/mol. The predicted octanol–water partition coefficient (Wildman–Crippen LogP) is 2.04. The van der Waals surface area contributed by atoms with Crippen molar-refractivity contribution in [2.24, 2.45) is 0 Å². The van der Waals surface area contributed by atoms with E-state index in [-0.39, 0.29) is 5.91 Å². The summed E-state index contributed by atoms with van der Waals surface area (Å²) in [6, 6.07) is 5.02. The van der Waals surface area contributed by atoms with Crippen molar-refractivity contribution in [3.8, 4) is 0 Å². The quantitative estimate of drug-likeness (QED) is 0.472. The lowest BCUT2D eigenvalue weighted by Crippen LogP contribution is -2.20. The standard InChI is InChI=1S/C11H8ClNO2/c1-2-8(12)6-4-3-5-7-9(6)11(15)13-10(7)14/h2-5,8H,1H2,(H,13,14,15). The second-order valence-electron chi connectivity index (χ2n) is 3.19. The highest BCUT2D eigenvalue weighted by Crippen LogP contribution is 2.29. The van der Waals surface area contributed by atoms with E-state index in [2.05, 4.69) is 11.9 Å². The number of imide groups is 1. The lowest BCUT2D eigenvalue weighted by atomic mass is 10.0. The van der Waals surface area contributed by atoms with Gasteiger partial charge in [-0.2, -0.15) is 0 Å². The van der Waals surface area contributed by atoms with Crippen molar-refractivity contribution in [1.82, 2.24) is 5.32 Å². The molecule has 76 valence electrons. The van der Waals surface area contributed by atoms with Crippen molar-refractivity contribution in [1.29, 1.82) is 0 Å². The summed E-state index contributed by atoms with van der Waals surface area (Å²) < 4.78 is 0. The van der Waals surface area contributed by atoms with Crippen molar-refractivity contribution < 1.29 is 9.59 Å². The molecule has 15 heavy (non-hydrogen) atoms. The maximum atomic E-state index is 11.5. The molecule has 1 aliphatic rings. The Bertz CT molecular complexity index is 468. The first-order valence-corrected chi connectivity index (χ1v) is 4.84. The molecular formula is C11H8ClNO2. The van der Waals surface area contributed by atoms with Crippen molar-refractivity contribution in [3.63, 3.8) is 0 Å². The molecule has 1 N–H and O–H groups in total. The Kier molecular flexibility index (Phi) is 2.32. The van der Waals surface area contributed by atoms with E-state index < -0.39 is 11.3 Å². The molecule has 2 rings (SSSR count). The van der Waals surface area contributed by atoms with Gasteiger partial charge in [0, 0.05) is 0 Å². The molecule has 3 nitrogen and oxygen atoms in total. The molecule has 0 saturated carbocycles. The minimum atomic E-state index is -0.461. The number of amides is 2. The van der Waals surface area contributed by atoms with Crippen LogP contribution in [0.25, 0.3) is 0 Å². The van der Waals surface area contributed by atoms with Crippen LogP contribution in [0.5, 0.6) is 0 Å². The van der Waals surface area contributed by atoms with E-state index >= 15 is 0 Å². The number of benzene rings is 1. The average Bonchev–Trinajstić information content (AvgIpc) is 2.54. The van der Waals surface area contributed by atoms with E-state index in [1.165, 1.54) is 6.08 Å². The van der Waals surface area contributed by atoms with Gasteiger partial charge < -0.3 is 0 Å². The number of carbonyl (C=O) groups excluding carboxylic acids is 2. The van der Waals surface area contributed by atoms with Crippen LogP contribution < -0.4 is 5.32 Å². The van der Waals surface area contributed by atoms with Gasteiger partial charge in [-0.05, 0) is 11.6 Å². The molecule has 4 heteroatoms. The molecule has 1 atom stereocenters. The fourth-order valence-corrected chi connectivity index (χ4v) is 1.78. The maximum absolute atomic E-state index is 11.5.